The maximum Gasteiger partial charge on any atom is 0.323 e. The topological polar surface area (TPSA) is 91.7 Å². The summed E-state index contributed by atoms with van der Waals surface area (Å²) in [7, 11) is 5.81. The zero-order chi connectivity index (χ0) is 23.3. The number of nitrogens with zero attached hydrogens (tertiary/aromatic N) is 3. The number of aromatic nitrogens is 2. The number of anilines is 2. The van der Waals surface area contributed by atoms with E-state index in [0.29, 0.717) is 40.0 Å². The zero-order valence-corrected chi connectivity index (χ0v) is 19.5. The maximum atomic E-state index is 12.5. The summed E-state index contributed by atoms with van der Waals surface area (Å²) in [6.45, 7) is 1.44. The number of aryl methyl sites for hydroxylation is 1. The molecule has 0 spiro atoms. The first-order chi connectivity index (χ1) is 15.2. The molecular formula is C22H25Cl2N5O3. The highest BCUT2D eigenvalue weighted by Gasteiger charge is 2.16. The van der Waals surface area contributed by atoms with Crippen LogP contribution >= 0.6 is 23.2 Å². The second-order valence-electron chi connectivity index (χ2n) is 7.43. The molecule has 10 heteroatoms. The van der Waals surface area contributed by atoms with Gasteiger partial charge in [-0.15, -0.1) is 0 Å². The van der Waals surface area contributed by atoms with Crippen LogP contribution in [-0.4, -0.2) is 53.1 Å². The second kappa shape index (κ2) is 10.6. The number of carbonyl (C=O) groups is 1. The second-order valence-corrected chi connectivity index (χ2v) is 8.24. The molecule has 170 valence electrons. The number of amides is 2. The molecule has 0 saturated carbocycles. The molecule has 0 aliphatic carbocycles. The predicted molar refractivity (Wildman–Crippen MR) is 128 cm³/mol. The van der Waals surface area contributed by atoms with E-state index >= 15 is 0 Å². The molecule has 0 atom stereocenters. The number of hydrogen-bond donors (Lipinski definition) is 3. The van der Waals surface area contributed by atoms with E-state index in [4.69, 9.17) is 27.9 Å². The number of carbonyl (C=O) groups excluding carboxylic acids is 1. The first-order valence-corrected chi connectivity index (χ1v) is 10.7. The molecule has 0 radical (unpaired) electrons. The van der Waals surface area contributed by atoms with Crippen LogP contribution in [0.2, 0.25) is 10.0 Å². The zero-order valence-electron chi connectivity index (χ0n) is 18.0. The summed E-state index contributed by atoms with van der Waals surface area (Å²) in [5.74, 6) is 0.524. The van der Waals surface area contributed by atoms with E-state index in [1.807, 2.05) is 14.1 Å². The van der Waals surface area contributed by atoms with Crippen molar-refractivity contribution in [2.24, 2.45) is 7.05 Å². The number of phenols is 1. The number of aromatic hydroxyl groups is 1. The third-order valence-electron chi connectivity index (χ3n) is 4.60. The number of urea groups is 1. The van der Waals surface area contributed by atoms with Crippen molar-refractivity contribution in [2.45, 2.75) is 6.42 Å². The molecule has 1 aromatic heterocycles. The van der Waals surface area contributed by atoms with E-state index in [9.17, 15) is 9.90 Å². The Morgan fingerprint density at radius 1 is 1.12 bits per heavy atom. The fraction of sp³-hybridized carbons (Fsp3) is 0.273. The van der Waals surface area contributed by atoms with Crippen molar-refractivity contribution in [1.29, 1.82) is 0 Å². The van der Waals surface area contributed by atoms with Gasteiger partial charge in [-0.3, -0.25) is 4.68 Å². The summed E-state index contributed by atoms with van der Waals surface area (Å²) >= 11 is 12.2. The van der Waals surface area contributed by atoms with Crippen molar-refractivity contribution >= 4 is 40.6 Å². The van der Waals surface area contributed by atoms with Crippen LogP contribution in [0.5, 0.6) is 11.5 Å². The summed E-state index contributed by atoms with van der Waals surface area (Å²) < 4.78 is 7.66. The summed E-state index contributed by atoms with van der Waals surface area (Å²) in [6.07, 6.45) is 2.43. The third kappa shape index (κ3) is 6.06. The van der Waals surface area contributed by atoms with Gasteiger partial charge in [0, 0.05) is 36.6 Å². The molecule has 3 N–H and O–H groups in total. The lowest BCUT2D eigenvalue weighted by Crippen LogP contribution is -2.19. The third-order valence-corrected chi connectivity index (χ3v) is 5.19. The number of nitrogens with one attached hydrogen (secondary N) is 2. The fourth-order valence-corrected chi connectivity index (χ4v) is 3.46. The maximum absolute atomic E-state index is 12.5. The molecule has 32 heavy (non-hydrogen) atoms. The van der Waals surface area contributed by atoms with Crippen LogP contribution in [0.25, 0.3) is 11.3 Å². The molecule has 0 fully saturated rings. The number of hydrogen-bond acceptors (Lipinski definition) is 5. The number of benzene rings is 2. The molecule has 2 aromatic carbocycles. The van der Waals surface area contributed by atoms with Gasteiger partial charge in [-0.2, -0.15) is 5.10 Å². The summed E-state index contributed by atoms with van der Waals surface area (Å²) in [5, 5.41) is 20.0. The molecule has 0 aliphatic rings. The Bertz CT molecular complexity index is 1080. The van der Waals surface area contributed by atoms with Crippen molar-refractivity contribution in [1.82, 2.24) is 14.7 Å². The van der Waals surface area contributed by atoms with Crippen LogP contribution in [0, 0.1) is 0 Å². The quantitative estimate of drug-likeness (QED) is 0.393. The lowest BCUT2D eigenvalue weighted by molar-refractivity contribution is 0.262. The SMILES string of the molecule is CN(C)CCCOc1ccc(NC(=O)Nc2ccc(Cl)c(O)c2)cc1-c1c(Cl)cnn1C. The molecule has 2 amide bonds. The molecule has 1 heterocycles. The van der Waals surface area contributed by atoms with Crippen LogP contribution in [-0.2, 0) is 7.05 Å². The monoisotopic (exact) mass is 477 g/mol. The Labute approximate surface area is 196 Å². The Morgan fingerprint density at radius 2 is 1.81 bits per heavy atom. The number of rotatable bonds is 8. The average Bonchev–Trinajstić information content (AvgIpc) is 3.06. The van der Waals surface area contributed by atoms with Gasteiger partial charge in [-0.25, -0.2) is 4.79 Å². The van der Waals surface area contributed by atoms with Crippen molar-refractivity contribution < 1.29 is 14.6 Å². The van der Waals surface area contributed by atoms with E-state index in [0.717, 1.165) is 13.0 Å². The molecule has 3 aromatic rings. The minimum absolute atomic E-state index is 0.117. The first kappa shape index (κ1) is 23.7. The van der Waals surface area contributed by atoms with Gasteiger partial charge in [0.25, 0.3) is 0 Å². The standard InChI is InChI=1S/C22H25Cl2N5O3/c1-28(2)9-4-10-32-20-8-6-14(11-16(20)21-18(24)13-25-29(21)3)26-22(31)27-15-5-7-17(23)19(30)12-15/h5-8,11-13,30H,4,9-10H2,1-3H3,(H2,26,27,31). The van der Waals surface area contributed by atoms with Gasteiger partial charge in [-0.05, 0) is 50.8 Å². The largest absolute Gasteiger partial charge is 0.506 e. The highest BCUT2D eigenvalue weighted by atomic mass is 35.5. The highest BCUT2D eigenvalue weighted by Crippen LogP contribution is 2.36. The van der Waals surface area contributed by atoms with E-state index in [2.05, 4.69) is 20.6 Å². The predicted octanol–water partition coefficient (Wildman–Crippen LogP) is 5.07. The van der Waals surface area contributed by atoms with Gasteiger partial charge in [0.2, 0.25) is 0 Å². The van der Waals surface area contributed by atoms with E-state index in [1.54, 1.807) is 42.2 Å². The summed E-state index contributed by atoms with van der Waals surface area (Å²) in [5.41, 5.74) is 2.33. The molecule has 0 bridgehead atoms. The normalized spacial score (nSPS) is 10.9. The van der Waals surface area contributed by atoms with Gasteiger partial charge in [-0.1, -0.05) is 23.2 Å². The molecule has 8 nitrogen and oxygen atoms in total. The number of ether oxygens (including phenoxy) is 1. The van der Waals surface area contributed by atoms with Gasteiger partial charge in [0.05, 0.1) is 28.5 Å². The minimum atomic E-state index is -0.478. The summed E-state index contributed by atoms with van der Waals surface area (Å²) in [4.78, 5) is 14.5. The van der Waals surface area contributed by atoms with Crippen molar-refractivity contribution in [3.63, 3.8) is 0 Å². The van der Waals surface area contributed by atoms with Crippen LogP contribution in [0.4, 0.5) is 16.2 Å². The van der Waals surface area contributed by atoms with Crippen molar-refractivity contribution in [2.75, 3.05) is 37.9 Å². The Morgan fingerprint density at radius 3 is 2.44 bits per heavy atom. The van der Waals surface area contributed by atoms with Gasteiger partial charge >= 0.3 is 6.03 Å². The summed E-state index contributed by atoms with van der Waals surface area (Å²) in [6, 6.07) is 9.29. The van der Waals surface area contributed by atoms with E-state index in [1.165, 1.54) is 12.1 Å². The Balaban J connectivity index is 1.80. The molecule has 0 unspecified atom stereocenters. The van der Waals surface area contributed by atoms with Gasteiger partial charge < -0.3 is 25.4 Å². The lowest BCUT2D eigenvalue weighted by atomic mass is 10.1. The van der Waals surface area contributed by atoms with Crippen LogP contribution in [0.1, 0.15) is 6.42 Å². The van der Waals surface area contributed by atoms with Gasteiger partial charge in [0.15, 0.2) is 0 Å². The number of halogens is 2. The number of phenolic OH excluding ortho intramolecular Hbond substituents is 1. The highest BCUT2D eigenvalue weighted by molar-refractivity contribution is 6.33. The van der Waals surface area contributed by atoms with E-state index in [-0.39, 0.29) is 10.8 Å². The van der Waals surface area contributed by atoms with Crippen molar-refractivity contribution in [3.8, 4) is 22.8 Å². The smallest absolute Gasteiger partial charge is 0.323 e. The molecule has 0 saturated heterocycles. The lowest BCUT2D eigenvalue weighted by Gasteiger charge is -2.16. The Kier molecular flexibility index (Phi) is 7.84. The van der Waals surface area contributed by atoms with Crippen LogP contribution in [0.15, 0.2) is 42.6 Å². The molecule has 3 rings (SSSR count). The minimum Gasteiger partial charge on any atom is -0.506 e. The van der Waals surface area contributed by atoms with Crippen molar-refractivity contribution in [3.05, 3.63) is 52.6 Å². The van der Waals surface area contributed by atoms with Crippen LogP contribution in [0.3, 0.4) is 0 Å². The molecular weight excluding hydrogens is 453 g/mol. The fourth-order valence-electron chi connectivity index (χ4n) is 3.08. The first-order valence-electron chi connectivity index (χ1n) is 9.90. The van der Waals surface area contributed by atoms with E-state index < -0.39 is 6.03 Å². The average molecular weight is 478 g/mol. The van der Waals surface area contributed by atoms with Gasteiger partial charge in [0.1, 0.15) is 11.5 Å². The molecule has 0 aliphatic heterocycles. The Hall–Kier alpha value is -2.94. The van der Waals surface area contributed by atoms with Crippen LogP contribution < -0.4 is 15.4 Å².